The zero-order chi connectivity index (χ0) is 17.6. The van der Waals surface area contributed by atoms with Crippen molar-refractivity contribution in [2.75, 3.05) is 37.5 Å². The van der Waals surface area contributed by atoms with E-state index >= 15 is 0 Å². The number of carbonyl (C=O) groups is 1. The van der Waals surface area contributed by atoms with Gasteiger partial charge in [-0.2, -0.15) is 0 Å². The van der Waals surface area contributed by atoms with Gasteiger partial charge in [0.05, 0.1) is 24.3 Å². The Labute approximate surface area is 146 Å². The molecule has 0 aliphatic carbocycles. The van der Waals surface area contributed by atoms with Crippen LogP contribution in [0.15, 0.2) is 36.9 Å². The molecule has 0 radical (unpaired) electrons. The van der Waals surface area contributed by atoms with Crippen LogP contribution < -0.4 is 15.5 Å². The molecule has 3 heterocycles. The van der Waals surface area contributed by atoms with Gasteiger partial charge in [-0.25, -0.2) is 15.0 Å². The van der Waals surface area contributed by atoms with Gasteiger partial charge in [0.25, 0.3) is 5.91 Å². The summed E-state index contributed by atoms with van der Waals surface area (Å²) in [5, 5.41) is 6.37. The molecule has 8 heteroatoms. The minimum Gasteiger partial charge on any atom is -0.379 e. The zero-order valence-corrected chi connectivity index (χ0v) is 14.3. The van der Waals surface area contributed by atoms with Crippen LogP contribution in [0.2, 0.25) is 0 Å². The number of aromatic nitrogens is 3. The number of nitrogens with one attached hydrogen (secondary N) is 2. The summed E-state index contributed by atoms with van der Waals surface area (Å²) in [4.78, 5) is 26.8. The van der Waals surface area contributed by atoms with Crippen LogP contribution in [0.4, 0.5) is 11.6 Å². The lowest BCUT2D eigenvalue weighted by atomic mass is 10.0. The molecule has 8 nitrogen and oxygen atoms in total. The Bertz CT molecular complexity index is 692. The van der Waals surface area contributed by atoms with Crippen molar-refractivity contribution in [3.63, 3.8) is 0 Å². The van der Waals surface area contributed by atoms with E-state index in [1.165, 1.54) is 6.33 Å². The van der Waals surface area contributed by atoms with Crippen LogP contribution in [0.3, 0.4) is 0 Å². The Hall–Kier alpha value is -2.74. The van der Waals surface area contributed by atoms with Crippen LogP contribution in [0, 0.1) is 0 Å². The fourth-order valence-electron chi connectivity index (χ4n) is 2.66. The summed E-state index contributed by atoms with van der Waals surface area (Å²) in [6, 6.07) is 5.29. The van der Waals surface area contributed by atoms with Crippen LogP contribution in [0.1, 0.15) is 16.8 Å². The standard InChI is InChI=1S/C17H22N6O2/c1-23(2)16-4-3-12(9-19-16)17(24)22-13-6-8-25-10-14(13)21-15-5-7-18-11-20-15/h3-5,7,9,11,13-14H,6,8,10H2,1-2H3,(H,22,24)(H,18,20,21)/t13-,14+/m0/s1. The molecule has 1 aliphatic rings. The molecule has 2 atom stereocenters. The first-order valence-electron chi connectivity index (χ1n) is 8.18. The van der Waals surface area contributed by atoms with Crippen molar-refractivity contribution in [3.8, 4) is 0 Å². The van der Waals surface area contributed by atoms with E-state index in [2.05, 4.69) is 25.6 Å². The number of ether oxygens (including phenoxy) is 1. The van der Waals surface area contributed by atoms with E-state index in [1.54, 1.807) is 24.5 Å². The minimum absolute atomic E-state index is 0.0512. The quantitative estimate of drug-likeness (QED) is 0.835. The third-order valence-corrected chi connectivity index (χ3v) is 4.06. The molecule has 1 aliphatic heterocycles. The summed E-state index contributed by atoms with van der Waals surface area (Å²) in [6.07, 6.45) is 5.48. The summed E-state index contributed by atoms with van der Waals surface area (Å²) >= 11 is 0. The van der Waals surface area contributed by atoms with E-state index < -0.39 is 0 Å². The maximum absolute atomic E-state index is 12.5. The van der Waals surface area contributed by atoms with Crippen molar-refractivity contribution in [1.82, 2.24) is 20.3 Å². The summed E-state index contributed by atoms with van der Waals surface area (Å²) < 4.78 is 5.54. The van der Waals surface area contributed by atoms with Gasteiger partial charge in [0.1, 0.15) is 18.0 Å². The average molecular weight is 342 g/mol. The van der Waals surface area contributed by atoms with Crippen LogP contribution in [-0.4, -0.2) is 60.3 Å². The highest BCUT2D eigenvalue weighted by molar-refractivity contribution is 5.94. The van der Waals surface area contributed by atoms with Gasteiger partial charge >= 0.3 is 0 Å². The minimum atomic E-state index is -0.140. The number of pyridine rings is 1. The van der Waals surface area contributed by atoms with Crippen LogP contribution in [-0.2, 0) is 4.74 Å². The second-order valence-corrected chi connectivity index (χ2v) is 6.09. The Kier molecular flexibility index (Phi) is 5.39. The highest BCUT2D eigenvalue weighted by Crippen LogP contribution is 2.14. The number of nitrogens with zero attached hydrogens (tertiary/aromatic N) is 4. The first-order valence-corrected chi connectivity index (χ1v) is 8.18. The highest BCUT2D eigenvalue weighted by atomic mass is 16.5. The molecule has 2 N–H and O–H groups in total. The van der Waals surface area contributed by atoms with Crippen molar-refractivity contribution in [2.24, 2.45) is 0 Å². The molecule has 132 valence electrons. The smallest absolute Gasteiger partial charge is 0.253 e. The van der Waals surface area contributed by atoms with E-state index in [9.17, 15) is 4.79 Å². The van der Waals surface area contributed by atoms with Crippen molar-refractivity contribution < 1.29 is 9.53 Å². The summed E-state index contributed by atoms with van der Waals surface area (Å²) in [6.45, 7) is 1.12. The molecule has 0 bridgehead atoms. The van der Waals surface area contributed by atoms with E-state index in [1.807, 2.05) is 25.1 Å². The molecule has 25 heavy (non-hydrogen) atoms. The first kappa shape index (κ1) is 17.1. The fourth-order valence-corrected chi connectivity index (χ4v) is 2.66. The molecular formula is C17H22N6O2. The first-order chi connectivity index (χ1) is 12.1. The number of hydrogen-bond donors (Lipinski definition) is 2. The molecule has 2 aromatic rings. The largest absolute Gasteiger partial charge is 0.379 e. The van der Waals surface area contributed by atoms with Crippen molar-refractivity contribution >= 4 is 17.5 Å². The second kappa shape index (κ2) is 7.89. The summed E-state index contributed by atoms with van der Waals surface area (Å²) in [5.41, 5.74) is 0.540. The van der Waals surface area contributed by atoms with E-state index in [-0.39, 0.29) is 18.0 Å². The Morgan fingerprint density at radius 3 is 2.80 bits per heavy atom. The third kappa shape index (κ3) is 4.42. The number of amides is 1. The number of hydrogen-bond acceptors (Lipinski definition) is 7. The van der Waals surface area contributed by atoms with Crippen LogP contribution >= 0.6 is 0 Å². The average Bonchev–Trinajstić information content (AvgIpc) is 2.64. The van der Waals surface area contributed by atoms with Gasteiger partial charge in [-0.1, -0.05) is 0 Å². The molecule has 0 aromatic carbocycles. The fraction of sp³-hybridized carbons (Fsp3) is 0.412. The maximum Gasteiger partial charge on any atom is 0.253 e. The molecule has 0 saturated carbocycles. The normalized spacial score (nSPS) is 19.9. The Morgan fingerprint density at radius 1 is 1.24 bits per heavy atom. The van der Waals surface area contributed by atoms with Crippen LogP contribution in [0.25, 0.3) is 0 Å². The summed E-state index contributed by atoms with van der Waals surface area (Å²) in [7, 11) is 3.82. The topological polar surface area (TPSA) is 92.3 Å². The molecular weight excluding hydrogens is 320 g/mol. The summed E-state index contributed by atoms with van der Waals surface area (Å²) in [5.74, 6) is 1.38. The van der Waals surface area contributed by atoms with Crippen molar-refractivity contribution in [3.05, 3.63) is 42.5 Å². The van der Waals surface area contributed by atoms with E-state index in [4.69, 9.17) is 4.74 Å². The van der Waals surface area contributed by atoms with Gasteiger partial charge in [-0.3, -0.25) is 4.79 Å². The second-order valence-electron chi connectivity index (χ2n) is 6.09. The number of carbonyl (C=O) groups excluding carboxylic acids is 1. The lowest BCUT2D eigenvalue weighted by Gasteiger charge is -2.33. The van der Waals surface area contributed by atoms with Gasteiger partial charge in [-0.15, -0.1) is 0 Å². The van der Waals surface area contributed by atoms with Gasteiger partial charge in [0, 0.05) is 33.1 Å². The van der Waals surface area contributed by atoms with Gasteiger partial charge in [-0.05, 0) is 24.6 Å². The van der Waals surface area contributed by atoms with Crippen molar-refractivity contribution in [1.29, 1.82) is 0 Å². The van der Waals surface area contributed by atoms with Gasteiger partial charge in [0.2, 0.25) is 0 Å². The molecule has 1 amide bonds. The van der Waals surface area contributed by atoms with Gasteiger partial charge in [0.15, 0.2) is 0 Å². The molecule has 3 rings (SSSR count). The SMILES string of the molecule is CN(C)c1ccc(C(=O)N[C@H]2CCOC[C@H]2Nc2ccncn2)cn1. The zero-order valence-electron chi connectivity index (χ0n) is 14.3. The monoisotopic (exact) mass is 342 g/mol. The Balaban J connectivity index is 1.65. The molecule has 2 aromatic heterocycles. The van der Waals surface area contributed by atoms with Crippen molar-refractivity contribution in [2.45, 2.75) is 18.5 Å². The number of anilines is 2. The van der Waals surface area contributed by atoms with Gasteiger partial charge < -0.3 is 20.3 Å². The Morgan fingerprint density at radius 2 is 2.12 bits per heavy atom. The van der Waals surface area contributed by atoms with E-state index in [0.717, 1.165) is 12.2 Å². The predicted octanol–water partition coefficient (Wildman–Crippen LogP) is 0.937. The third-order valence-electron chi connectivity index (χ3n) is 4.06. The predicted molar refractivity (Wildman–Crippen MR) is 94.7 cm³/mol. The molecule has 0 spiro atoms. The molecule has 0 unspecified atom stereocenters. The molecule has 1 saturated heterocycles. The lowest BCUT2D eigenvalue weighted by molar-refractivity contribution is 0.0620. The van der Waals surface area contributed by atoms with E-state index in [0.29, 0.717) is 24.6 Å². The lowest BCUT2D eigenvalue weighted by Crippen LogP contribution is -2.52. The molecule has 1 fully saturated rings. The number of rotatable bonds is 5. The van der Waals surface area contributed by atoms with Crippen LogP contribution in [0.5, 0.6) is 0 Å². The maximum atomic E-state index is 12.5. The highest BCUT2D eigenvalue weighted by Gasteiger charge is 2.27.